The Balaban J connectivity index is 2.61. The van der Waals surface area contributed by atoms with Gasteiger partial charge in [0.25, 0.3) is 0 Å². The van der Waals surface area contributed by atoms with Gasteiger partial charge in [-0.2, -0.15) is 0 Å². The predicted molar refractivity (Wildman–Crippen MR) is 65.8 cm³/mol. The van der Waals surface area contributed by atoms with Gasteiger partial charge in [0, 0.05) is 9.86 Å². The molecule has 1 aromatic carbocycles. The van der Waals surface area contributed by atoms with E-state index in [-0.39, 0.29) is 0 Å². The Hall–Kier alpha value is -0.960. The number of nitrogens with zero attached hydrogens (tertiary/aromatic N) is 2. The summed E-state index contributed by atoms with van der Waals surface area (Å²) in [5, 5.41) is 1.15. The van der Waals surface area contributed by atoms with Gasteiger partial charge in [-0.3, -0.25) is 0 Å². The van der Waals surface area contributed by atoms with E-state index in [0.717, 1.165) is 27.5 Å². The first-order valence-corrected chi connectivity index (χ1v) is 5.86. The van der Waals surface area contributed by atoms with Crippen molar-refractivity contribution < 1.29 is 0 Å². The van der Waals surface area contributed by atoms with Crippen molar-refractivity contribution in [2.24, 2.45) is 5.92 Å². The first-order chi connectivity index (χ1) is 7.18. The highest BCUT2D eigenvalue weighted by Gasteiger charge is 2.07. The number of hydrogen-bond donors (Lipinski definition) is 0. The number of rotatable bonds is 2. The molecular formula is C12H13BrN2. The molecule has 0 radical (unpaired) electrons. The Bertz CT molecular complexity index is 480. The van der Waals surface area contributed by atoms with Crippen LogP contribution in [0.2, 0.25) is 0 Å². The summed E-state index contributed by atoms with van der Waals surface area (Å²) in [5.74, 6) is 0.613. The third kappa shape index (κ3) is 2.17. The summed E-state index contributed by atoms with van der Waals surface area (Å²) >= 11 is 3.51. The number of benzene rings is 1. The van der Waals surface area contributed by atoms with Gasteiger partial charge in [-0.1, -0.05) is 26.0 Å². The molecule has 0 saturated carbocycles. The smallest absolute Gasteiger partial charge is 0.116 e. The molecule has 0 aliphatic heterocycles. The van der Waals surface area contributed by atoms with Gasteiger partial charge in [-0.05, 0) is 34.3 Å². The molecule has 0 fully saturated rings. The Kier molecular flexibility index (Phi) is 3.00. The van der Waals surface area contributed by atoms with Crippen LogP contribution in [0.3, 0.4) is 0 Å². The lowest BCUT2D eigenvalue weighted by Gasteiger charge is -2.07. The minimum atomic E-state index is 0.613. The van der Waals surface area contributed by atoms with Gasteiger partial charge in [0.15, 0.2) is 0 Å². The summed E-state index contributed by atoms with van der Waals surface area (Å²) < 4.78 is 1.03. The molecule has 0 spiro atoms. The lowest BCUT2D eigenvalue weighted by Crippen LogP contribution is -1.99. The van der Waals surface area contributed by atoms with E-state index < -0.39 is 0 Å². The van der Waals surface area contributed by atoms with Gasteiger partial charge < -0.3 is 0 Å². The molecule has 0 aliphatic carbocycles. The van der Waals surface area contributed by atoms with Crippen LogP contribution in [0.1, 0.15) is 19.5 Å². The zero-order chi connectivity index (χ0) is 10.8. The number of para-hydroxylation sites is 1. The second-order valence-electron chi connectivity index (χ2n) is 4.05. The fourth-order valence-electron chi connectivity index (χ4n) is 1.65. The number of fused-ring (bicyclic) bond motifs is 1. The van der Waals surface area contributed by atoms with Crippen LogP contribution in [0.5, 0.6) is 0 Å². The average molecular weight is 265 g/mol. The Morgan fingerprint density at radius 2 is 2.07 bits per heavy atom. The molecule has 0 saturated heterocycles. The van der Waals surface area contributed by atoms with Crippen LogP contribution in [0.25, 0.3) is 10.9 Å². The van der Waals surface area contributed by atoms with Gasteiger partial charge in [0.2, 0.25) is 0 Å². The minimum Gasteiger partial charge on any atom is -0.241 e. The molecule has 0 aliphatic rings. The summed E-state index contributed by atoms with van der Waals surface area (Å²) in [7, 11) is 0. The van der Waals surface area contributed by atoms with E-state index in [0.29, 0.717) is 5.92 Å². The largest absolute Gasteiger partial charge is 0.241 e. The number of halogens is 1. The van der Waals surface area contributed by atoms with E-state index in [2.05, 4.69) is 45.8 Å². The highest BCUT2D eigenvalue weighted by atomic mass is 79.9. The molecule has 2 aromatic rings. The molecule has 0 amide bonds. The predicted octanol–water partition coefficient (Wildman–Crippen LogP) is 3.59. The molecule has 2 nitrogen and oxygen atoms in total. The summed E-state index contributed by atoms with van der Waals surface area (Å²) in [5.41, 5.74) is 2.14. The summed E-state index contributed by atoms with van der Waals surface area (Å²) in [6, 6.07) is 6.12. The second-order valence-corrected chi connectivity index (χ2v) is 4.91. The van der Waals surface area contributed by atoms with Gasteiger partial charge in [0.05, 0.1) is 11.2 Å². The van der Waals surface area contributed by atoms with Gasteiger partial charge >= 0.3 is 0 Å². The fraction of sp³-hybridized carbons (Fsp3) is 0.333. The summed E-state index contributed by atoms with van der Waals surface area (Å²) in [6.45, 7) is 4.40. The van der Waals surface area contributed by atoms with Crippen molar-refractivity contribution >= 4 is 26.8 Å². The van der Waals surface area contributed by atoms with Crippen LogP contribution in [0.15, 0.2) is 29.0 Å². The van der Waals surface area contributed by atoms with E-state index in [1.165, 1.54) is 0 Å². The van der Waals surface area contributed by atoms with Crippen LogP contribution >= 0.6 is 15.9 Å². The molecule has 15 heavy (non-hydrogen) atoms. The molecule has 78 valence electrons. The van der Waals surface area contributed by atoms with Crippen molar-refractivity contribution in [2.75, 3.05) is 0 Å². The zero-order valence-electron chi connectivity index (χ0n) is 8.87. The van der Waals surface area contributed by atoms with E-state index in [4.69, 9.17) is 0 Å². The molecular weight excluding hydrogens is 252 g/mol. The van der Waals surface area contributed by atoms with Crippen molar-refractivity contribution in [2.45, 2.75) is 20.3 Å². The van der Waals surface area contributed by atoms with Crippen molar-refractivity contribution in [3.63, 3.8) is 0 Å². The van der Waals surface area contributed by atoms with E-state index >= 15 is 0 Å². The summed E-state index contributed by atoms with van der Waals surface area (Å²) in [6.07, 6.45) is 2.64. The van der Waals surface area contributed by atoms with E-state index in [1.807, 2.05) is 12.1 Å². The van der Waals surface area contributed by atoms with Crippen molar-refractivity contribution in [1.29, 1.82) is 0 Å². The lowest BCUT2D eigenvalue weighted by atomic mass is 10.0. The Morgan fingerprint density at radius 3 is 2.80 bits per heavy atom. The first kappa shape index (κ1) is 10.6. The topological polar surface area (TPSA) is 25.8 Å². The zero-order valence-corrected chi connectivity index (χ0v) is 10.5. The monoisotopic (exact) mass is 264 g/mol. The third-order valence-electron chi connectivity index (χ3n) is 2.30. The van der Waals surface area contributed by atoms with Gasteiger partial charge in [-0.25, -0.2) is 9.97 Å². The van der Waals surface area contributed by atoms with Crippen LogP contribution < -0.4 is 0 Å². The minimum absolute atomic E-state index is 0.613. The average Bonchev–Trinajstić information content (AvgIpc) is 2.19. The highest BCUT2D eigenvalue weighted by Crippen LogP contribution is 2.24. The molecule has 0 N–H and O–H groups in total. The Morgan fingerprint density at radius 1 is 1.27 bits per heavy atom. The van der Waals surface area contributed by atoms with Crippen LogP contribution in [-0.4, -0.2) is 9.97 Å². The van der Waals surface area contributed by atoms with Crippen LogP contribution in [0.4, 0.5) is 0 Å². The van der Waals surface area contributed by atoms with Gasteiger partial charge in [0.1, 0.15) is 6.33 Å². The standard InChI is InChI=1S/C12H13BrN2/c1-8(2)6-11-9-4-3-5-10(13)12(9)15-7-14-11/h3-5,7-8H,6H2,1-2H3. The maximum absolute atomic E-state index is 4.36. The van der Waals surface area contributed by atoms with E-state index in [1.54, 1.807) is 6.33 Å². The van der Waals surface area contributed by atoms with Crippen molar-refractivity contribution in [1.82, 2.24) is 9.97 Å². The Labute approximate surface area is 97.9 Å². The second kappa shape index (κ2) is 4.27. The first-order valence-electron chi connectivity index (χ1n) is 5.06. The highest BCUT2D eigenvalue weighted by molar-refractivity contribution is 9.10. The van der Waals surface area contributed by atoms with Crippen molar-refractivity contribution in [3.05, 3.63) is 34.7 Å². The molecule has 1 heterocycles. The normalized spacial score (nSPS) is 11.2. The molecule has 0 bridgehead atoms. The number of hydrogen-bond acceptors (Lipinski definition) is 2. The molecule has 0 unspecified atom stereocenters. The maximum atomic E-state index is 4.36. The summed E-state index contributed by atoms with van der Waals surface area (Å²) in [4.78, 5) is 8.65. The molecule has 1 aromatic heterocycles. The molecule has 3 heteroatoms. The third-order valence-corrected chi connectivity index (χ3v) is 2.94. The number of aromatic nitrogens is 2. The SMILES string of the molecule is CC(C)Cc1ncnc2c(Br)cccc12. The quantitative estimate of drug-likeness (QED) is 0.829. The van der Waals surface area contributed by atoms with Gasteiger partial charge in [-0.15, -0.1) is 0 Å². The van der Waals surface area contributed by atoms with Crippen LogP contribution in [0, 0.1) is 5.92 Å². The molecule has 0 atom stereocenters. The maximum Gasteiger partial charge on any atom is 0.116 e. The lowest BCUT2D eigenvalue weighted by molar-refractivity contribution is 0.638. The van der Waals surface area contributed by atoms with Crippen molar-refractivity contribution in [3.8, 4) is 0 Å². The molecule has 2 rings (SSSR count). The van der Waals surface area contributed by atoms with Crippen LogP contribution in [-0.2, 0) is 6.42 Å². The van der Waals surface area contributed by atoms with E-state index in [9.17, 15) is 0 Å². The fourth-order valence-corrected chi connectivity index (χ4v) is 2.12.